The number of carbonyl (C=O) groups excluding carboxylic acids is 3. The molecule has 0 spiro atoms. The highest BCUT2D eigenvalue weighted by Crippen LogP contribution is 2.39. The first-order valence-corrected chi connectivity index (χ1v) is 9.96. The van der Waals surface area contributed by atoms with Gasteiger partial charge in [0.25, 0.3) is 0 Å². The Labute approximate surface area is 178 Å². The number of amides is 1. The number of esters is 2. The van der Waals surface area contributed by atoms with Gasteiger partial charge < -0.3 is 19.9 Å². The van der Waals surface area contributed by atoms with Gasteiger partial charge in [0.05, 0.1) is 12.3 Å². The van der Waals surface area contributed by atoms with Crippen molar-refractivity contribution in [2.24, 2.45) is 5.92 Å². The first-order valence-electron chi connectivity index (χ1n) is 9.58. The lowest BCUT2D eigenvalue weighted by molar-refractivity contribution is -0.150. The van der Waals surface area contributed by atoms with Gasteiger partial charge in [0.2, 0.25) is 5.91 Å². The minimum Gasteiger partial charge on any atom is -0.505 e. The fourth-order valence-electron chi connectivity index (χ4n) is 3.36. The van der Waals surface area contributed by atoms with Crippen molar-refractivity contribution in [2.75, 3.05) is 11.9 Å². The van der Waals surface area contributed by atoms with Crippen LogP contribution in [0.1, 0.15) is 35.3 Å². The Morgan fingerprint density at radius 3 is 2.70 bits per heavy atom. The van der Waals surface area contributed by atoms with E-state index in [0.717, 1.165) is 5.56 Å². The molecule has 8 heteroatoms. The van der Waals surface area contributed by atoms with Gasteiger partial charge in [0.1, 0.15) is 17.6 Å². The summed E-state index contributed by atoms with van der Waals surface area (Å²) in [5.74, 6) is -3.67. The third-order valence-electron chi connectivity index (χ3n) is 4.79. The summed E-state index contributed by atoms with van der Waals surface area (Å²) in [5, 5.41) is 13.3. The van der Waals surface area contributed by atoms with Crippen molar-refractivity contribution in [1.82, 2.24) is 0 Å². The minimum atomic E-state index is -1.14. The molecule has 2 aromatic carbocycles. The van der Waals surface area contributed by atoms with E-state index in [1.807, 2.05) is 6.07 Å². The van der Waals surface area contributed by atoms with Crippen molar-refractivity contribution in [3.05, 3.63) is 58.1 Å². The van der Waals surface area contributed by atoms with Gasteiger partial charge in [0.15, 0.2) is 5.75 Å². The van der Waals surface area contributed by atoms with Gasteiger partial charge in [-0.25, -0.2) is 4.79 Å². The Balaban J connectivity index is 1.90. The van der Waals surface area contributed by atoms with Crippen LogP contribution in [0.4, 0.5) is 5.69 Å². The number of aromatic hydroxyl groups is 1. The second-order valence-corrected chi connectivity index (χ2v) is 7.42. The van der Waals surface area contributed by atoms with Gasteiger partial charge in [-0.15, -0.1) is 0 Å². The third-order valence-corrected chi connectivity index (χ3v) is 5.12. The fraction of sp³-hybridized carbons (Fsp3) is 0.318. The van der Waals surface area contributed by atoms with Gasteiger partial charge in [0, 0.05) is 11.4 Å². The summed E-state index contributed by atoms with van der Waals surface area (Å²) < 4.78 is 10.2. The Kier molecular flexibility index (Phi) is 6.62. The molecule has 1 aliphatic rings. The van der Waals surface area contributed by atoms with Gasteiger partial charge >= 0.3 is 11.9 Å². The maximum Gasteiger partial charge on any atom is 0.342 e. The molecule has 2 aromatic rings. The Bertz CT molecular complexity index is 975. The summed E-state index contributed by atoms with van der Waals surface area (Å²) in [4.78, 5) is 37.6. The fourth-order valence-corrected chi connectivity index (χ4v) is 3.64. The van der Waals surface area contributed by atoms with E-state index in [4.69, 9.17) is 21.1 Å². The summed E-state index contributed by atoms with van der Waals surface area (Å²) in [5.41, 5.74) is 1.09. The molecule has 3 rings (SSSR count). The van der Waals surface area contributed by atoms with Crippen LogP contribution in [-0.4, -0.2) is 35.7 Å². The third kappa shape index (κ3) is 4.57. The summed E-state index contributed by atoms with van der Waals surface area (Å²) in [6.45, 7) is 3.49. The number of cyclic esters (lactones) is 1. The highest BCUT2D eigenvalue weighted by Gasteiger charge is 2.33. The van der Waals surface area contributed by atoms with Crippen LogP contribution >= 0.6 is 11.6 Å². The van der Waals surface area contributed by atoms with Crippen LogP contribution in [0.25, 0.3) is 0 Å². The summed E-state index contributed by atoms with van der Waals surface area (Å²) in [6, 6.07) is 10.4. The van der Waals surface area contributed by atoms with E-state index in [-0.39, 0.29) is 35.4 Å². The number of carbonyl (C=O) groups is 3. The number of ether oxygens (including phenoxy) is 2. The Morgan fingerprint density at radius 2 is 2.03 bits per heavy atom. The smallest absolute Gasteiger partial charge is 0.342 e. The molecule has 0 bridgehead atoms. The molecule has 0 aliphatic carbocycles. The lowest BCUT2D eigenvalue weighted by Gasteiger charge is -2.25. The number of benzene rings is 2. The van der Waals surface area contributed by atoms with E-state index in [9.17, 15) is 19.5 Å². The summed E-state index contributed by atoms with van der Waals surface area (Å²) in [6.07, 6.45) is 0.0902. The second-order valence-electron chi connectivity index (χ2n) is 7.01. The van der Waals surface area contributed by atoms with Gasteiger partial charge in [-0.05, 0) is 37.5 Å². The molecule has 0 fully saturated rings. The summed E-state index contributed by atoms with van der Waals surface area (Å²) in [7, 11) is 0. The van der Waals surface area contributed by atoms with Crippen LogP contribution in [0.3, 0.4) is 0 Å². The van der Waals surface area contributed by atoms with Gasteiger partial charge in [-0.1, -0.05) is 41.9 Å². The molecule has 0 radical (unpaired) electrons. The zero-order chi connectivity index (χ0) is 21.8. The van der Waals surface area contributed by atoms with Crippen molar-refractivity contribution in [3.63, 3.8) is 0 Å². The number of nitrogens with one attached hydrogen (secondary N) is 1. The number of hydrogen-bond acceptors (Lipinski definition) is 6. The van der Waals surface area contributed by atoms with Crippen LogP contribution in [0.15, 0.2) is 36.4 Å². The van der Waals surface area contributed by atoms with Crippen molar-refractivity contribution in [3.8, 4) is 5.75 Å². The van der Waals surface area contributed by atoms with Crippen molar-refractivity contribution in [2.45, 2.75) is 32.8 Å². The molecule has 158 valence electrons. The number of halogens is 1. The topological polar surface area (TPSA) is 102 Å². The maximum atomic E-state index is 12.9. The van der Waals surface area contributed by atoms with Crippen molar-refractivity contribution < 1.29 is 29.0 Å². The van der Waals surface area contributed by atoms with E-state index in [1.165, 1.54) is 6.07 Å². The number of phenolic OH excluding ortho intramolecular Hbond substituents is 1. The van der Waals surface area contributed by atoms with E-state index < -0.39 is 29.5 Å². The molecule has 1 heterocycles. The monoisotopic (exact) mass is 431 g/mol. The van der Waals surface area contributed by atoms with Crippen LogP contribution < -0.4 is 5.32 Å². The van der Waals surface area contributed by atoms with E-state index >= 15 is 0 Å². The van der Waals surface area contributed by atoms with Crippen LogP contribution in [0.5, 0.6) is 5.75 Å². The number of hydrogen-bond donors (Lipinski definition) is 2. The maximum absolute atomic E-state index is 12.9. The van der Waals surface area contributed by atoms with E-state index in [1.54, 1.807) is 38.1 Å². The first-order chi connectivity index (χ1) is 14.3. The minimum absolute atomic E-state index is 0.0717. The van der Waals surface area contributed by atoms with Crippen LogP contribution in [-0.2, 0) is 31.9 Å². The highest BCUT2D eigenvalue weighted by atomic mass is 35.5. The lowest BCUT2D eigenvalue weighted by Crippen LogP contribution is -2.33. The second kappa shape index (κ2) is 9.17. The Hall–Kier alpha value is -3.06. The molecule has 2 atom stereocenters. The zero-order valence-electron chi connectivity index (χ0n) is 16.6. The SMILES string of the molecule is CCOC(=O)C(Cc1ccccc1)C(=O)Nc1cc(Cl)c2c(c1O)C(=O)OC(C)C2. The molecule has 7 nitrogen and oxygen atoms in total. The molecule has 30 heavy (non-hydrogen) atoms. The largest absolute Gasteiger partial charge is 0.505 e. The highest BCUT2D eigenvalue weighted by molar-refractivity contribution is 6.32. The quantitative estimate of drug-likeness (QED) is 0.412. The van der Waals surface area contributed by atoms with Gasteiger partial charge in [-0.3, -0.25) is 9.59 Å². The van der Waals surface area contributed by atoms with E-state index in [0.29, 0.717) is 12.0 Å². The normalized spacial score (nSPS) is 16.2. The van der Waals surface area contributed by atoms with Crippen LogP contribution in [0.2, 0.25) is 5.02 Å². The molecule has 2 N–H and O–H groups in total. The molecule has 1 amide bonds. The number of anilines is 1. The van der Waals surface area contributed by atoms with Crippen molar-refractivity contribution >= 4 is 35.1 Å². The zero-order valence-corrected chi connectivity index (χ0v) is 17.4. The average molecular weight is 432 g/mol. The molecule has 0 saturated heterocycles. The number of fused-ring (bicyclic) bond motifs is 1. The summed E-state index contributed by atoms with van der Waals surface area (Å²) >= 11 is 6.29. The molecule has 1 aliphatic heterocycles. The molecular formula is C22H22ClNO6. The average Bonchev–Trinajstić information content (AvgIpc) is 2.70. The first kappa shape index (κ1) is 21.6. The molecular weight excluding hydrogens is 410 g/mol. The predicted molar refractivity (Wildman–Crippen MR) is 111 cm³/mol. The lowest BCUT2D eigenvalue weighted by atomic mass is 9.96. The molecule has 2 unspecified atom stereocenters. The van der Waals surface area contributed by atoms with E-state index in [2.05, 4.69) is 5.32 Å². The van der Waals surface area contributed by atoms with Gasteiger partial charge in [-0.2, -0.15) is 0 Å². The molecule has 0 saturated carbocycles. The number of rotatable bonds is 6. The van der Waals surface area contributed by atoms with Crippen LogP contribution in [0, 0.1) is 5.92 Å². The Morgan fingerprint density at radius 1 is 1.33 bits per heavy atom. The predicted octanol–water partition coefficient (Wildman–Crippen LogP) is 3.51. The number of phenols is 1. The standard InChI is InChI=1S/C22H22ClNO6/c1-3-29-21(27)15(10-13-7-5-4-6-8-13)20(26)24-17-11-16(23)14-9-12(2)30-22(28)18(14)19(17)25/h4-8,11-12,15,25H,3,9-10H2,1-2H3,(H,24,26). The molecule has 0 aromatic heterocycles. The van der Waals surface area contributed by atoms with Crippen molar-refractivity contribution in [1.29, 1.82) is 0 Å².